The van der Waals surface area contributed by atoms with E-state index in [-0.39, 0.29) is 31.1 Å². The van der Waals surface area contributed by atoms with Crippen LogP contribution >= 0.6 is 0 Å². The van der Waals surface area contributed by atoms with Gasteiger partial charge in [0.1, 0.15) is 0 Å². The monoisotopic (exact) mass is 139 g/mol. The maximum absolute atomic E-state index is 10.0. The number of hydrogen-bond acceptors (Lipinski definition) is 3. The molecular formula is C2H2N3NaO3. The Labute approximate surface area is 67.7 Å². The van der Waals surface area contributed by atoms with Gasteiger partial charge in [0.15, 0.2) is 0 Å². The van der Waals surface area contributed by atoms with Crippen molar-refractivity contribution in [3.05, 3.63) is 0 Å². The molecule has 0 unspecified atom stereocenters. The second-order valence-corrected chi connectivity index (χ2v) is 2.06. The molecule has 0 fully saturated rings. The Morgan fingerprint density at radius 2 is 2.11 bits per heavy atom. The Kier molecular flexibility index (Phi) is 4.20. The van der Waals surface area contributed by atoms with Crippen molar-refractivity contribution in [2.45, 2.75) is 0 Å². The van der Waals surface area contributed by atoms with Gasteiger partial charge in [0.25, 0.3) is 0 Å². The number of hydrogen-bond donors (Lipinski definition) is 2. The molecule has 0 saturated carbocycles. The molecule has 0 atom stereocenters. The maximum atomic E-state index is 10.0. The van der Waals surface area contributed by atoms with Crippen molar-refractivity contribution < 1.29 is 14.7 Å². The molecule has 0 aromatic heterocycles. The fraction of sp³-hybridized carbons (Fsp3) is 0. The summed E-state index contributed by atoms with van der Waals surface area (Å²) >= 11 is 0.282. The van der Waals surface area contributed by atoms with Gasteiger partial charge < -0.3 is 0 Å². The van der Waals surface area contributed by atoms with Crippen LogP contribution in [0, 0.1) is 0 Å². The summed E-state index contributed by atoms with van der Waals surface area (Å²) in [5, 5.41) is 13.3. The van der Waals surface area contributed by atoms with Crippen molar-refractivity contribution in [1.82, 2.24) is 5.43 Å². The van der Waals surface area contributed by atoms with Gasteiger partial charge in [-0.15, -0.1) is 0 Å². The molecule has 0 aliphatic rings. The van der Waals surface area contributed by atoms with Gasteiger partial charge in [0.05, 0.1) is 0 Å². The van der Waals surface area contributed by atoms with Crippen molar-refractivity contribution in [3.63, 3.8) is 0 Å². The molecule has 0 radical (unpaired) electrons. The van der Waals surface area contributed by atoms with Crippen LogP contribution in [0.4, 0.5) is 9.59 Å². The predicted molar refractivity (Wildman–Crippen MR) is 27.2 cm³/mol. The zero-order valence-electron chi connectivity index (χ0n) is 4.66. The molecule has 2 N–H and O–H groups in total. The van der Waals surface area contributed by atoms with Crippen LogP contribution in [-0.2, 0) is 0 Å². The second-order valence-electron chi connectivity index (χ2n) is 1.15. The summed E-state index contributed by atoms with van der Waals surface area (Å²) < 4.78 is -0.319. The van der Waals surface area contributed by atoms with E-state index in [1.165, 1.54) is 0 Å². The molecule has 0 rings (SSSR count). The van der Waals surface area contributed by atoms with Crippen LogP contribution in [0.15, 0.2) is 10.3 Å². The van der Waals surface area contributed by atoms with E-state index in [4.69, 9.17) is 5.11 Å². The molecule has 0 heterocycles. The molecule has 0 aromatic rings. The Hall–Kier alpha value is -0.460. The SMILES string of the molecule is O=C(O)N=NN[C](=O)[Na]. The molecule has 0 aromatic carbocycles. The van der Waals surface area contributed by atoms with Gasteiger partial charge in [-0.2, -0.15) is 0 Å². The van der Waals surface area contributed by atoms with Crippen molar-refractivity contribution in [1.29, 1.82) is 0 Å². The van der Waals surface area contributed by atoms with Gasteiger partial charge in [0, 0.05) is 0 Å². The van der Waals surface area contributed by atoms with E-state index in [1.807, 2.05) is 5.43 Å². The van der Waals surface area contributed by atoms with E-state index in [9.17, 15) is 9.59 Å². The average Bonchev–Trinajstić information content (AvgIpc) is 1.63. The number of nitrogens with zero attached hydrogens (tertiary/aromatic N) is 2. The van der Waals surface area contributed by atoms with Gasteiger partial charge in [0.2, 0.25) is 0 Å². The van der Waals surface area contributed by atoms with Crippen LogP contribution in [0.1, 0.15) is 0 Å². The summed E-state index contributed by atoms with van der Waals surface area (Å²) in [6.07, 6.45) is -1.43. The molecule has 7 heteroatoms. The van der Waals surface area contributed by atoms with E-state index in [0.29, 0.717) is 0 Å². The molecule has 0 bridgehead atoms. The van der Waals surface area contributed by atoms with Crippen molar-refractivity contribution in [2.75, 3.05) is 0 Å². The minimum atomic E-state index is -1.43. The third-order valence-electron chi connectivity index (χ3n) is 0.343. The first kappa shape index (κ1) is 8.54. The average molecular weight is 139 g/mol. The quantitative estimate of drug-likeness (QED) is 0.302. The fourth-order valence-corrected chi connectivity index (χ4v) is 0.238. The number of carbonyl (C=O) groups is 2. The number of nitrogens with one attached hydrogen (secondary N) is 1. The number of rotatable bonds is 1. The molecular weight excluding hydrogens is 137 g/mol. The van der Waals surface area contributed by atoms with Gasteiger partial charge in [-0.05, 0) is 0 Å². The van der Waals surface area contributed by atoms with Crippen molar-refractivity contribution >= 4 is 37.2 Å². The van der Waals surface area contributed by atoms with Gasteiger partial charge in [-0.25, -0.2) is 0 Å². The van der Waals surface area contributed by atoms with Crippen LogP contribution in [0.5, 0.6) is 0 Å². The minimum absolute atomic E-state index is 0.282. The second kappa shape index (κ2) is 4.42. The molecule has 2 amide bonds. The predicted octanol–water partition coefficient (Wildman–Crippen LogP) is -0.0903. The van der Waals surface area contributed by atoms with E-state index < -0.39 is 6.09 Å². The zero-order valence-corrected chi connectivity index (χ0v) is 6.66. The first-order chi connectivity index (χ1) is 4.13. The fourth-order valence-electron chi connectivity index (χ4n) is 0.138. The summed E-state index contributed by atoms with van der Waals surface area (Å²) in [4.78, 5) is 19.6. The first-order valence-corrected chi connectivity index (χ1v) is 3.03. The van der Waals surface area contributed by atoms with Gasteiger partial charge in [-0.3, -0.25) is 0 Å². The molecule has 0 saturated heterocycles. The zero-order chi connectivity index (χ0) is 7.28. The van der Waals surface area contributed by atoms with Crippen LogP contribution < -0.4 is 5.43 Å². The van der Waals surface area contributed by atoms with Crippen LogP contribution in [-0.4, -0.2) is 42.3 Å². The summed E-state index contributed by atoms with van der Waals surface area (Å²) in [6, 6.07) is 0. The van der Waals surface area contributed by atoms with E-state index in [1.54, 1.807) is 0 Å². The first-order valence-electron chi connectivity index (χ1n) is 2.03. The number of amides is 2. The van der Waals surface area contributed by atoms with Crippen LogP contribution in [0.3, 0.4) is 0 Å². The third kappa shape index (κ3) is 7.54. The Morgan fingerprint density at radius 3 is 2.44 bits per heavy atom. The molecule has 0 spiro atoms. The number of carbonyl (C=O) groups excluding carboxylic acids is 1. The van der Waals surface area contributed by atoms with Crippen molar-refractivity contribution in [2.24, 2.45) is 10.3 Å². The summed E-state index contributed by atoms with van der Waals surface area (Å²) in [6.45, 7) is 0. The topological polar surface area (TPSA) is 91.1 Å². The van der Waals surface area contributed by atoms with E-state index in [0.717, 1.165) is 0 Å². The third-order valence-corrected chi connectivity index (χ3v) is 0.567. The Balaban J connectivity index is 3.48. The normalized spacial score (nSPS) is 9.56. The molecule has 9 heavy (non-hydrogen) atoms. The van der Waals surface area contributed by atoms with Gasteiger partial charge >= 0.3 is 67.6 Å². The molecule has 44 valence electrons. The molecule has 0 aliphatic carbocycles. The Bertz CT molecular complexity index is 155. The van der Waals surface area contributed by atoms with Crippen LogP contribution in [0.25, 0.3) is 0 Å². The van der Waals surface area contributed by atoms with Crippen LogP contribution in [0.2, 0.25) is 0 Å². The molecule has 6 nitrogen and oxygen atoms in total. The Morgan fingerprint density at radius 1 is 1.56 bits per heavy atom. The van der Waals surface area contributed by atoms with E-state index >= 15 is 0 Å². The summed E-state index contributed by atoms with van der Waals surface area (Å²) in [5.74, 6) is 0. The van der Waals surface area contributed by atoms with Gasteiger partial charge in [-0.1, -0.05) is 0 Å². The standard InChI is InChI=1S/C2H2N3O3.Na/c6-1-3-5-4-2(7)8;/h(H,7,8)(H,3,4,6);. The summed E-state index contributed by atoms with van der Waals surface area (Å²) in [5.41, 5.74) is 1.88. The number of carboxylic acid groups (broad SMARTS) is 1. The van der Waals surface area contributed by atoms with E-state index in [2.05, 4.69) is 10.3 Å². The summed E-state index contributed by atoms with van der Waals surface area (Å²) in [7, 11) is 0. The van der Waals surface area contributed by atoms with Crippen molar-refractivity contribution in [3.8, 4) is 0 Å². The molecule has 0 aliphatic heterocycles.